The molecule has 5 N–H and O–H groups in total. The molecular weight excluding hydrogens is 565 g/mol. The molecule has 0 saturated heterocycles. The summed E-state index contributed by atoms with van der Waals surface area (Å²) in [5, 5.41) is 19.8. The molecule has 2 aromatic carbocycles. The number of aliphatic carboxylic acids is 1. The lowest BCUT2D eigenvalue weighted by Crippen LogP contribution is -2.37. The van der Waals surface area contributed by atoms with Crippen molar-refractivity contribution in [3.63, 3.8) is 0 Å². The molecule has 1 aromatic heterocycles. The maximum atomic E-state index is 13.2. The molecule has 1 aliphatic rings. The van der Waals surface area contributed by atoms with Gasteiger partial charge in [0.05, 0.1) is 28.9 Å². The number of methoxy groups -OCH3 is 1. The van der Waals surface area contributed by atoms with Gasteiger partial charge in [0.25, 0.3) is 5.91 Å². The first-order valence-corrected chi connectivity index (χ1v) is 14.0. The molecule has 40 heavy (non-hydrogen) atoms. The molecule has 1 fully saturated rings. The third kappa shape index (κ3) is 6.99. The highest BCUT2D eigenvalue weighted by Crippen LogP contribution is 2.39. The minimum absolute atomic E-state index is 0.0332. The van der Waals surface area contributed by atoms with Crippen LogP contribution in [0, 0.1) is 0 Å². The summed E-state index contributed by atoms with van der Waals surface area (Å²) in [4.78, 5) is 40.7. The molecule has 3 aromatic rings. The van der Waals surface area contributed by atoms with Crippen molar-refractivity contribution in [2.75, 3.05) is 19.5 Å². The van der Waals surface area contributed by atoms with Crippen molar-refractivity contribution < 1.29 is 38.1 Å². The number of carboxylic acid groups (broad SMARTS) is 1. The molecule has 2 unspecified atom stereocenters. The summed E-state index contributed by atoms with van der Waals surface area (Å²) < 4.78 is 29.3. The second-order valence-electron chi connectivity index (χ2n) is 8.86. The fourth-order valence-electron chi connectivity index (χ4n) is 3.58. The number of aromatic nitrogens is 1. The van der Waals surface area contributed by atoms with Gasteiger partial charge in [-0.3, -0.25) is 19.7 Å². The fraction of sp³-hybridized carbons (Fsp3) is 0.280. The number of nitrogens with zero attached hydrogens (tertiary/aromatic N) is 1. The van der Waals surface area contributed by atoms with Crippen molar-refractivity contribution in [3.05, 3.63) is 53.2 Å². The van der Waals surface area contributed by atoms with Gasteiger partial charge in [-0.25, -0.2) is 14.4 Å². The summed E-state index contributed by atoms with van der Waals surface area (Å²) in [7, 11) is -1.68. The molecule has 212 valence electrons. The molecule has 1 aliphatic carbocycles. The number of halogens is 1. The molecule has 4 rings (SSSR count). The Morgan fingerprint density at radius 2 is 1.88 bits per heavy atom. The minimum atomic E-state index is -4.10. The van der Waals surface area contributed by atoms with Gasteiger partial charge < -0.3 is 29.7 Å². The van der Waals surface area contributed by atoms with Crippen molar-refractivity contribution >= 4 is 53.8 Å². The van der Waals surface area contributed by atoms with Gasteiger partial charge in [0.2, 0.25) is 0 Å². The van der Waals surface area contributed by atoms with E-state index in [0.29, 0.717) is 28.1 Å². The second kappa shape index (κ2) is 12.1. The maximum absolute atomic E-state index is 13.2. The first kappa shape index (κ1) is 29.1. The highest BCUT2D eigenvalue weighted by Gasteiger charge is 2.31. The van der Waals surface area contributed by atoms with Gasteiger partial charge in [-0.15, -0.1) is 0 Å². The van der Waals surface area contributed by atoms with E-state index >= 15 is 0 Å². The Bertz CT molecular complexity index is 1520. The zero-order chi connectivity index (χ0) is 29.0. The number of anilines is 1. The van der Waals surface area contributed by atoms with Crippen LogP contribution in [0.25, 0.3) is 10.9 Å². The van der Waals surface area contributed by atoms with Crippen LogP contribution in [-0.2, 0) is 13.9 Å². The van der Waals surface area contributed by atoms with E-state index in [-0.39, 0.29) is 28.4 Å². The summed E-state index contributed by atoms with van der Waals surface area (Å²) in [6.07, 6.45) is 3.41. The number of carbonyl (C=O) groups excluding carboxylic acids is 2. The van der Waals surface area contributed by atoms with E-state index in [4.69, 9.17) is 30.7 Å². The highest BCUT2D eigenvalue weighted by atomic mass is 35.5. The van der Waals surface area contributed by atoms with Crippen molar-refractivity contribution in [2.24, 2.45) is 0 Å². The molecule has 1 heterocycles. The quantitative estimate of drug-likeness (QED) is 0.199. The largest absolute Gasteiger partial charge is 0.496 e. The van der Waals surface area contributed by atoms with Crippen LogP contribution in [0.3, 0.4) is 0 Å². The number of amides is 3. The van der Waals surface area contributed by atoms with Crippen molar-refractivity contribution in [1.29, 1.82) is 0 Å². The predicted molar refractivity (Wildman–Crippen MR) is 147 cm³/mol. The highest BCUT2D eigenvalue weighted by molar-refractivity contribution is 7.55. The fourth-order valence-corrected chi connectivity index (χ4v) is 5.06. The van der Waals surface area contributed by atoms with E-state index in [2.05, 4.69) is 25.8 Å². The normalized spacial score (nSPS) is 15.0. The van der Waals surface area contributed by atoms with E-state index in [1.807, 2.05) is 0 Å². The Balaban J connectivity index is 1.60. The number of benzene rings is 2. The second-order valence-corrected chi connectivity index (χ2v) is 11.2. The van der Waals surface area contributed by atoms with E-state index in [1.54, 1.807) is 18.2 Å². The Morgan fingerprint density at radius 3 is 2.50 bits per heavy atom. The lowest BCUT2D eigenvalue weighted by atomic mass is 10.1. The number of fused-ring (bicyclic) bond motifs is 1. The van der Waals surface area contributed by atoms with Crippen LogP contribution in [0.15, 0.2) is 42.6 Å². The molecule has 13 nitrogen and oxygen atoms in total. The first-order valence-electron chi connectivity index (χ1n) is 12.0. The minimum Gasteiger partial charge on any atom is -0.496 e. The number of hydrogen-bond donors (Lipinski definition) is 5. The van der Waals surface area contributed by atoms with Gasteiger partial charge in [0.1, 0.15) is 23.3 Å². The summed E-state index contributed by atoms with van der Waals surface area (Å²) in [6.45, 7) is 1.25. The average molecular weight is 592 g/mol. The smallest absolute Gasteiger partial charge is 0.368 e. The van der Waals surface area contributed by atoms with Gasteiger partial charge >= 0.3 is 19.7 Å². The maximum Gasteiger partial charge on any atom is 0.368 e. The standard InChI is InChI=1S/C25H27ClN5O8P/c1-13(24(33)34)30-40(36,38-3)31-23(32)17-11-16-20(12-22(17)37-2)27-9-8-21(16)39-15-6-7-19(18(26)10-15)29-25(35)28-14-4-5-14/h6-14H,4-5H2,1-3H3,(H,33,34)(H2,28,29,35)(H2,30,31,32,36). The van der Waals surface area contributed by atoms with Gasteiger partial charge in [-0.2, -0.15) is 0 Å². The van der Waals surface area contributed by atoms with Crippen molar-refractivity contribution in [1.82, 2.24) is 20.5 Å². The van der Waals surface area contributed by atoms with Crippen LogP contribution in [0.4, 0.5) is 10.5 Å². The number of pyridine rings is 1. The number of nitrogens with one attached hydrogen (secondary N) is 4. The molecule has 1 saturated carbocycles. The Labute approximate surface area is 234 Å². The number of carbonyl (C=O) groups is 3. The van der Waals surface area contributed by atoms with E-state index in [1.165, 1.54) is 38.4 Å². The van der Waals surface area contributed by atoms with Crippen LogP contribution in [0.1, 0.15) is 30.1 Å². The molecule has 0 spiro atoms. The van der Waals surface area contributed by atoms with Crippen LogP contribution in [0.5, 0.6) is 17.2 Å². The van der Waals surface area contributed by atoms with Gasteiger partial charge in [-0.1, -0.05) is 11.6 Å². The summed E-state index contributed by atoms with van der Waals surface area (Å²) >= 11 is 6.36. The number of carboxylic acids is 1. The monoisotopic (exact) mass is 591 g/mol. The van der Waals surface area contributed by atoms with Crippen molar-refractivity contribution in [2.45, 2.75) is 31.8 Å². The van der Waals surface area contributed by atoms with Crippen LogP contribution in [-0.4, -0.2) is 54.3 Å². The Hall–Kier alpha value is -3.90. The van der Waals surface area contributed by atoms with Crippen LogP contribution in [0.2, 0.25) is 5.02 Å². The zero-order valence-corrected chi connectivity index (χ0v) is 23.3. The SMILES string of the molecule is COc1cc2nccc(Oc3ccc(NC(=O)NC4CC4)c(Cl)c3)c2cc1C(=O)NP(=O)(NC(C)C(=O)O)OC. The summed E-state index contributed by atoms with van der Waals surface area (Å²) in [5.74, 6) is -1.35. The Kier molecular flexibility index (Phi) is 8.79. The molecule has 0 radical (unpaired) electrons. The lowest BCUT2D eigenvalue weighted by Gasteiger charge is -2.21. The van der Waals surface area contributed by atoms with Crippen LogP contribution < -0.4 is 30.3 Å². The average Bonchev–Trinajstić information content (AvgIpc) is 3.73. The van der Waals surface area contributed by atoms with Gasteiger partial charge in [-0.05, 0) is 44.0 Å². The predicted octanol–water partition coefficient (Wildman–Crippen LogP) is 4.52. The zero-order valence-electron chi connectivity index (χ0n) is 21.7. The number of rotatable bonds is 11. The van der Waals surface area contributed by atoms with Crippen LogP contribution >= 0.6 is 19.3 Å². The van der Waals surface area contributed by atoms with Gasteiger partial charge in [0.15, 0.2) is 0 Å². The van der Waals surface area contributed by atoms with E-state index < -0.39 is 25.6 Å². The third-order valence-corrected chi connectivity index (χ3v) is 7.89. The molecular formula is C25H27ClN5O8P. The molecule has 3 amide bonds. The number of urea groups is 1. The molecule has 0 aliphatic heterocycles. The Morgan fingerprint density at radius 1 is 1.12 bits per heavy atom. The molecule has 0 bridgehead atoms. The first-order chi connectivity index (χ1) is 19.0. The van der Waals surface area contributed by atoms with E-state index in [0.717, 1.165) is 20.0 Å². The number of ether oxygens (including phenoxy) is 2. The molecule has 2 atom stereocenters. The molecule has 15 heteroatoms. The summed E-state index contributed by atoms with van der Waals surface area (Å²) in [6, 6.07) is 7.84. The lowest BCUT2D eigenvalue weighted by molar-refractivity contribution is -0.138. The van der Waals surface area contributed by atoms with E-state index in [9.17, 15) is 18.9 Å². The van der Waals surface area contributed by atoms with Gasteiger partial charge in [0, 0.05) is 36.9 Å². The number of hydrogen-bond acceptors (Lipinski definition) is 8. The topological polar surface area (TPSA) is 177 Å². The third-order valence-electron chi connectivity index (χ3n) is 5.84. The van der Waals surface area contributed by atoms with Crippen molar-refractivity contribution in [3.8, 4) is 17.2 Å². The summed E-state index contributed by atoms with van der Waals surface area (Å²) in [5.41, 5.74) is 0.803.